The summed E-state index contributed by atoms with van der Waals surface area (Å²) in [5.74, 6) is 1.65. The summed E-state index contributed by atoms with van der Waals surface area (Å²) >= 11 is 12.3. The van der Waals surface area contributed by atoms with Crippen LogP contribution in [0.5, 0.6) is 17.2 Å². The molecule has 5 aliphatic rings. The zero-order valence-electron chi connectivity index (χ0n) is 22.8. The Morgan fingerprint density at radius 2 is 1.98 bits per heavy atom. The number of piperidine rings is 1. The number of amides is 1. The second kappa shape index (κ2) is 9.53. The maximum Gasteiger partial charge on any atom is 0.308 e. The molecule has 3 fully saturated rings. The standard InChI is InChI=1S/C31H34Cl2N2O5/c1-16(36)39-26-14-25(37)29-28-19(26)13-24-20-6-8-23(34(2)27(38)12-18-5-7-21(32)22(33)11-18)30(40-29)31(20,28)9-10-35(24)15-17-3-4-17/h5,7,11,14,17,20,23-24,30,37H,3-4,6,8-10,12-13,15H2,1-2H3/t20-,23-,24+,30-,31-/m0/s1. The van der Waals surface area contributed by atoms with Crippen LogP contribution in [-0.4, -0.2) is 65.1 Å². The van der Waals surface area contributed by atoms with E-state index in [9.17, 15) is 14.7 Å². The zero-order valence-corrected chi connectivity index (χ0v) is 24.3. The molecule has 2 aromatic carbocycles. The van der Waals surface area contributed by atoms with Crippen molar-refractivity contribution in [2.45, 2.75) is 75.5 Å². The predicted molar refractivity (Wildman–Crippen MR) is 151 cm³/mol. The Kier molecular flexibility index (Phi) is 6.30. The monoisotopic (exact) mass is 584 g/mol. The molecule has 2 heterocycles. The average molecular weight is 586 g/mol. The predicted octanol–water partition coefficient (Wildman–Crippen LogP) is 5.14. The van der Waals surface area contributed by atoms with Gasteiger partial charge in [0.1, 0.15) is 11.9 Å². The molecular weight excluding hydrogens is 551 g/mol. The van der Waals surface area contributed by atoms with E-state index >= 15 is 0 Å². The van der Waals surface area contributed by atoms with E-state index in [1.165, 1.54) is 19.8 Å². The SMILES string of the molecule is CC(=O)Oc1cc(O)c2c3c1C[C@@H]1[C@@H]4CC[C@H](N(C)C(=O)Cc5ccc(Cl)c(Cl)c5)[C@H](O2)[C@]34CCN1CC1CC1. The van der Waals surface area contributed by atoms with Crippen LogP contribution in [-0.2, 0) is 27.8 Å². The van der Waals surface area contributed by atoms with Crippen molar-refractivity contribution >= 4 is 35.1 Å². The number of phenols is 1. The first kappa shape index (κ1) is 26.4. The van der Waals surface area contributed by atoms with Crippen LogP contribution in [0, 0.1) is 11.8 Å². The van der Waals surface area contributed by atoms with Crippen LogP contribution in [0.3, 0.4) is 0 Å². The number of phenolic OH excluding ortho intramolecular Hbond substituents is 1. The van der Waals surface area contributed by atoms with E-state index in [0.29, 0.717) is 33.5 Å². The molecule has 212 valence electrons. The van der Waals surface area contributed by atoms with Crippen LogP contribution < -0.4 is 9.47 Å². The van der Waals surface area contributed by atoms with E-state index in [4.69, 9.17) is 32.7 Å². The molecule has 2 saturated carbocycles. The molecule has 0 aromatic heterocycles. The lowest BCUT2D eigenvalue weighted by Crippen LogP contribution is -2.69. The normalized spacial score (nSPS) is 29.9. The Morgan fingerprint density at radius 3 is 2.70 bits per heavy atom. The summed E-state index contributed by atoms with van der Waals surface area (Å²) in [6.07, 6.45) is 5.99. The van der Waals surface area contributed by atoms with Gasteiger partial charge in [0.05, 0.1) is 22.5 Å². The first-order valence-electron chi connectivity index (χ1n) is 14.4. The van der Waals surface area contributed by atoms with Crippen molar-refractivity contribution in [1.82, 2.24) is 9.80 Å². The molecule has 0 radical (unpaired) electrons. The van der Waals surface area contributed by atoms with Crippen LogP contribution in [0.4, 0.5) is 0 Å². The van der Waals surface area contributed by atoms with Crippen LogP contribution >= 0.6 is 23.2 Å². The molecule has 3 aliphatic carbocycles. The van der Waals surface area contributed by atoms with E-state index < -0.39 is 5.97 Å². The molecule has 7 rings (SSSR count). The second-order valence-corrected chi connectivity index (χ2v) is 13.2. The number of aromatic hydroxyl groups is 1. The molecule has 7 nitrogen and oxygen atoms in total. The van der Waals surface area contributed by atoms with Crippen LogP contribution in [0.25, 0.3) is 0 Å². The average Bonchev–Trinajstić information content (AvgIpc) is 3.66. The third kappa shape index (κ3) is 4.03. The largest absolute Gasteiger partial charge is 0.504 e. The lowest BCUT2D eigenvalue weighted by atomic mass is 9.50. The topological polar surface area (TPSA) is 79.3 Å². The van der Waals surface area contributed by atoms with Gasteiger partial charge in [-0.3, -0.25) is 14.5 Å². The molecule has 5 atom stereocenters. The van der Waals surface area contributed by atoms with Crippen molar-refractivity contribution in [3.63, 3.8) is 0 Å². The summed E-state index contributed by atoms with van der Waals surface area (Å²) in [5, 5.41) is 12.0. The minimum Gasteiger partial charge on any atom is -0.504 e. The summed E-state index contributed by atoms with van der Waals surface area (Å²) in [4.78, 5) is 30.2. The van der Waals surface area contributed by atoms with E-state index in [0.717, 1.165) is 61.4 Å². The summed E-state index contributed by atoms with van der Waals surface area (Å²) in [5.41, 5.74) is 2.46. The zero-order chi connectivity index (χ0) is 27.9. The quantitative estimate of drug-likeness (QED) is 0.374. The maximum atomic E-state index is 13.6. The highest BCUT2D eigenvalue weighted by Crippen LogP contribution is 2.65. The highest BCUT2D eigenvalue weighted by atomic mass is 35.5. The smallest absolute Gasteiger partial charge is 0.308 e. The first-order chi connectivity index (χ1) is 19.2. The van der Waals surface area contributed by atoms with Crippen molar-refractivity contribution in [3.8, 4) is 17.2 Å². The Bertz CT molecular complexity index is 1410. The lowest BCUT2D eigenvalue weighted by Gasteiger charge is -2.60. The Balaban J connectivity index is 1.26. The number of carbonyl (C=O) groups is 2. The molecule has 40 heavy (non-hydrogen) atoms. The number of hydrogen-bond donors (Lipinski definition) is 1. The molecule has 0 unspecified atom stereocenters. The fourth-order valence-electron chi connectivity index (χ4n) is 8.28. The van der Waals surface area contributed by atoms with Gasteiger partial charge in [0.15, 0.2) is 11.5 Å². The minimum absolute atomic E-state index is 0.0000734. The van der Waals surface area contributed by atoms with Gasteiger partial charge in [-0.25, -0.2) is 0 Å². The number of rotatable bonds is 6. The molecule has 1 saturated heterocycles. The molecule has 1 spiro atoms. The number of likely N-dealkylation sites (N-methyl/N-ethyl adjacent to an activating group) is 1. The molecule has 1 amide bonds. The summed E-state index contributed by atoms with van der Waals surface area (Å²) in [7, 11) is 1.86. The van der Waals surface area contributed by atoms with Gasteiger partial charge < -0.3 is 19.5 Å². The van der Waals surface area contributed by atoms with Crippen molar-refractivity contribution in [2.75, 3.05) is 20.1 Å². The number of likely N-dealkylation sites (tertiary alicyclic amines) is 1. The Hall–Kier alpha value is -2.48. The van der Waals surface area contributed by atoms with Crippen LogP contribution in [0.15, 0.2) is 24.3 Å². The highest BCUT2D eigenvalue weighted by molar-refractivity contribution is 6.42. The summed E-state index contributed by atoms with van der Waals surface area (Å²) < 4.78 is 12.4. The van der Waals surface area contributed by atoms with E-state index in [2.05, 4.69) is 4.90 Å². The second-order valence-electron chi connectivity index (χ2n) is 12.4. The van der Waals surface area contributed by atoms with Crippen LogP contribution in [0.2, 0.25) is 10.0 Å². The van der Waals surface area contributed by atoms with Gasteiger partial charge in [0.2, 0.25) is 5.91 Å². The lowest BCUT2D eigenvalue weighted by molar-refractivity contribution is -0.139. The van der Waals surface area contributed by atoms with Gasteiger partial charge in [-0.15, -0.1) is 0 Å². The molecule has 2 aliphatic heterocycles. The number of halogens is 2. The van der Waals surface area contributed by atoms with E-state index in [-0.39, 0.29) is 35.6 Å². The number of hydrogen-bond acceptors (Lipinski definition) is 6. The van der Waals surface area contributed by atoms with E-state index in [1.54, 1.807) is 18.2 Å². The van der Waals surface area contributed by atoms with Crippen molar-refractivity contribution in [3.05, 3.63) is 51.0 Å². The van der Waals surface area contributed by atoms with Crippen molar-refractivity contribution in [2.24, 2.45) is 11.8 Å². The van der Waals surface area contributed by atoms with Gasteiger partial charge in [0, 0.05) is 49.2 Å². The Labute approximate surface area is 244 Å². The number of ether oxygens (including phenoxy) is 2. The Morgan fingerprint density at radius 1 is 1.18 bits per heavy atom. The highest BCUT2D eigenvalue weighted by Gasteiger charge is 2.67. The maximum absolute atomic E-state index is 13.6. The van der Waals surface area contributed by atoms with Gasteiger partial charge >= 0.3 is 5.97 Å². The van der Waals surface area contributed by atoms with Gasteiger partial charge in [-0.2, -0.15) is 0 Å². The third-order valence-corrected chi connectivity index (χ3v) is 10.9. The molecular formula is C31H34Cl2N2O5. The van der Waals surface area contributed by atoms with Gasteiger partial charge in [-0.1, -0.05) is 29.3 Å². The number of esters is 1. The molecule has 2 aromatic rings. The number of carbonyl (C=O) groups excluding carboxylic acids is 2. The van der Waals surface area contributed by atoms with E-state index in [1.807, 2.05) is 18.0 Å². The molecule has 1 N–H and O–H groups in total. The summed E-state index contributed by atoms with van der Waals surface area (Å²) in [6, 6.07) is 7.00. The number of nitrogens with zero attached hydrogens (tertiary/aromatic N) is 2. The van der Waals surface area contributed by atoms with Crippen molar-refractivity contribution in [1.29, 1.82) is 0 Å². The fraction of sp³-hybridized carbons (Fsp3) is 0.548. The third-order valence-electron chi connectivity index (χ3n) is 10.2. The fourth-order valence-corrected chi connectivity index (χ4v) is 8.60. The first-order valence-corrected chi connectivity index (χ1v) is 15.1. The molecule has 2 bridgehead atoms. The van der Waals surface area contributed by atoms with Crippen molar-refractivity contribution < 1.29 is 24.2 Å². The summed E-state index contributed by atoms with van der Waals surface area (Å²) in [6.45, 7) is 3.46. The van der Waals surface area contributed by atoms with Crippen LogP contribution in [0.1, 0.15) is 55.7 Å². The molecule has 9 heteroatoms. The van der Waals surface area contributed by atoms with Gasteiger partial charge in [-0.05, 0) is 74.6 Å². The van der Waals surface area contributed by atoms with Gasteiger partial charge in [0.25, 0.3) is 0 Å². The number of benzene rings is 2. The minimum atomic E-state index is -0.403.